The van der Waals surface area contributed by atoms with E-state index in [9.17, 15) is 63.6 Å². The van der Waals surface area contributed by atoms with Crippen LogP contribution in [0.15, 0.2) is 127 Å². The molecule has 5 heterocycles. The van der Waals surface area contributed by atoms with Crippen molar-refractivity contribution in [3.8, 4) is 0 Å². The lowest BCUT2D eigenvalue weighted by atomic mass is 9.81. The average Bonchev–Trinajstić information content (AvgIpc) is 1.66. The molecular weight excluding hydrogens is 1830 g/mol. The Morgan fingerprint density at radius 2 is 0.865 bits per heavy atom. The van der Waals surface area contributed by atoms with Gasteiger partial charge in [0.1, 0.15) is 42.2 Å². The molecule has 133 heavy (non-hydrogen) atoms. The van der Waals surface area contributed by atoms with Gasteiger partial charge in [-0.25, -0.2) is 33.6 Å². The predicted octanol–water partition coefficient (Wildman–Crippen LogP) is 15.5. The van der Waals surface area contributed by atoms with Gasteiger partial charge in [0.15, 0.2) is 16.4 Å². The molecule has 5 aromatic rings. The smallest absolute Gasteiger partial charge is 0.414 e. The highest BCUT2D eigenvalue weighted by molar-refractivity contribution is 6.53. The molecule has 0 aromatic heterocycles. The van der Waals surface area contributed by atoms with Gasteiger partial charge < -0.3 is 99.0 Å². The van der Waals surface area contributed by atoms with Crippen LogP contribution in [0.4, 0.5) is 51.5 Å². The fraction of sp³-hybridized carbons (Fsp3) is 0.589. The third-order valence-electron chi connectivity index (χ3n) is 22.9. The van der Waals surface area contributed by atoms with Crippen LogP contribution in [0.3, 0.4) is 0 Å². The standard InChI is InChI=1S/C24H34N2O6.C23H27NO4.C18H22Cl2N2O5.C16H22N2O4.C10H18ClNO4.C4H6Cl2O2/c1-23(2,3)32-21(27)25-13-18-14-26(22(28)29-18)17-9-6-15(7-10-17)16-8-11-19-20(12-16)31-24(4,5)30-19;1-23(2)27-20-13-10-18(14-21(20)28-23)17-8-11-19(12-9-17)24-22(25)26-15-16-6-4-3-5-7-16;19-16(20)17(25)21-8-13-9-22(18(26)27-13)12-4-1-10(2-5-12)11-3-6-14(23)15(24)7-11;17-8-13-9-18(16(21)22-13)12-4-1-10(2-5-12)11-3-6-14(19)15(20)7-11;1-7(13)15-8(5-11)6-12-9(14)16-10(2,3)4;1-2-8-4(7)3(5)6/h6-7,9-10,16,18-20H,8,11-14H2,1-5H3,(H,25,27);3-9,11-12,18,20-21H,10,13-15H2,1-2H3,(H,24,25);1-2,4-5,11,13-16,23-24H,3,6-9H2,(H,21,25);1-2,4-5,11,13-15,19-20H,3,6-9,17H2;8H,5-6H2,1-4H3,(H,12,14);3H,2H2,1H3/t16?,18-,19?,20-;18?,20?,21-;2*11?,13-,14?,15-;8-;/m00001./s1. The van der Waals surface area contributed by atoms with Gasteiger partial charge in [-0.15, -0.1) is 11.6 Å². The van der Waals surface area contributed by atoms with E-state index in [0.29, 0.717) is 76.0 Å². The number of nitrogens with zero attached hydrogens (tertiary/aromatic N) is 3. The first-order valence-electron chi connectivity index (χ1n) is 45.0. The number of rotatable bonds is 22. The summed E-state index contributed by atoms with van der Waals surface area (Å²) < 4.78 is 64.6. The topological polar surface area (TPSA) is 429 Å². The zero-order valence-electron chi connectivity index (χ0n) is 77.2. The van der Waals surface area contributed by atoms with Crippen LogP contribution in [0.5, 0.6) is 0 Å². The zero-order valence-corrected chi connectivity index (χ0v) is 81.0. The highest BCUT2D eigenvalue weighted by atomic mass is 35.5. The van der Waals surface area contributed by atoms with Gasteiger partial charge in [0.2, 0.25) is 4.84 Å². The van der Waals surface area contributed by atoms with E-state index in [2.05, 4.69) is 50.3 Å². The van der Waals surface area contributed by atoms with Gasteiger partial charge in [-0.2, -0.15) is 0 Å². The maximum absolute atomic E-state index is 12.4. The molecule has 5 aromatic carbocycles. The summed E-state index contributed by atoms with van der Waals surface area (Å²) in [5.74, 6) is -1.10. The molecule has 7 amide bonds. The molecule has 16 atom stereocenters. The van der Waals surface area contributed by atoms with Crippen LogP contribution in [-0.2, 0) is 77.8 Å². The summed E-state index contributed by atoms with van der Waals surface area (Å²) in [5, 5.41) is 49.3. The first kappa shape index (κ1) is 108. The Hall–Kier alpha value is -8.78. The van der Waals surface area contributed by atoms with Crippen molar-refractivity contribution in [1.82, 2.24) is 16.0 Å². The average molecular weight is 1960 g/mol. The molecule has 5 aliphatic heterocycles. The number of aliphatic hydroxyl groups excluding tert-OH is 4. The lowest BCUT2D eigenvalue weighted by Gasteiger charge is -2.30. The molecule has 33 nitrogen and oxygen atoms in total. The van der Waals surface area contributed by atoms with E-state index in [4.69, 9.17) is 116 Å². The number of amides is 7. The Morgan fingerprint density at radius 1 is 0.481 bits per heavy atom. The number of aliphatic hydroxyl groups is 4. The maximum Gasteiger partial charge on any atom is 0.414 e. The SMILES string of the molecule is CC(=O)O[C@H](CCl)CNC(=O)OC(C)(C)C.CC(C)(C)OC(=O)NC[C@H]1CN(c2ccc(C3CCC4OC(C)(C)O[C@H]4C3)cc2)C(=O)O1.CC1(C)OC2CCC(c3ccc(NC(=O)OCc4ccccc4)cc3)C[C@@H]2O1.CCOC(=O)C(Cl)Cl.NC[C@H]1CN(c2ccc(C3CCC(O)[C@@H](O)C3)cc2)C(=O)O1.O=C(NC[C@H]1CN(c2ccc(C3CCC(O)[C@@H](O)C3)cc2)C(=O)O1)C(Cl)Cl. The first-order chi connectivity index (χ1) is 62.8. The number of fused-ring (bicyclic) bond motifs is 2. The van der Waals surface area contributed by atoms with Crippen molar-refractivity contribution in [3.63, 3.8) is 0 Å². The van der Waals surface area contributed by atoms with E-state index in [-0.39, 0.29) is 80.6 Å². The molecule has 4 saturated carbocycles. The van der Waals surface area contributed by atoms with E-state index in [0.717, 1.165) is 85.1 Å². The number of carbonyl (C=O) groups excluding carboxylic acids is 9. The number of hydrogen-bond acceptors (Lipinski definition) is 26. The van der Waals surface area contributed by atoms with E-state index in [1.54, 1.807) is 58.3 Å². The van der Waals surface area contributed by atoms with Gasteiger partial charge in [-0.1, -0.05) is 125 Å². The third kappa shape index (κ3) is 34.8. The summed E-state index contributed by atoms with van der Waals surface area (Å²) in [5.41, 5.74) is 13.1. The Morgan fingerprint density at radius 3 is 1.23 bits per heavy atom. The van der Waals surface area contributed by atoms with Gasteiger partial charge >= 0.3 is 48.5 Å². The molecule has 734 valence electrons. The van der Waals surface area contributed by atoms with Crippen molar-refractivity contribution in [3.05, 3.63) is 155 Å². The zero-order chi connectivity index (χ0) is 97.2. The monoisotopic (exact) mass is 1960 g/mol. The van der Waals surface area contributed by atoms with Crippen molar-refractivity contribution in [2.45, 2.75) is 296 Å². The van der Waals surface area contributed by atoms with E-state index in [1.165, 1.54) is 23.0 Å². The van der Waals surface area contributed by atoms with Crippen LogP contribution >= 0.6 is 58.0 Å². The molecular formula is C95H129Cl5N8O25. The normalized spacial score (nSPS) is 25.7. The lowest BCUT2D eigenvalue weighted by molar-refractivity contribution is -0.146. The number of anilines is 4. The maximum atomic E-state index is 12.4. The number of ether oxygens (including phenoxy) is 12. The molecule has 9 fully saturated rings. The second kappa shape index (κ2) is 50.3. The number of nitrogens with one attached hydrogen (secondary N) is 4. The predicted molar refractivity (Wildman–Crippen MR) is 501 cm³/mol. The lowest BCUT2D eigenvalue weighted by Crippen LogP contribution is -2.38. The number of alkyl carbamates (subject to hydrolysis) is 2. The van der Waals surface area contributed by atoms with E-state index in [1.807, 2.05) is 131 Å². The Balaban J connectivity index is 0.000000186. The molecule has 38 heteroatoms. The molecule has 10 N–H and O–H groups in total. The number of cyclic esters (lactones) is 3. The fourth-order valence-corrected chi connectivity index (χ4v) is 17.1. The van der Waals surface area contributed by atoms with Crippen LogP contribution in [0.2, 0.25) is 0 Å². The van der Waals surface area contributed by atoms with Gasteiger partial charge in [-0.3, -0.25) is 29.6 Å². The minimum Gasteiger partial charge on any atom is -0.464 e. The van der Waals surface area contributed by atoms with Crippen LogP contribution in [0, 0.1) is 0 Å². The summed E-state index contributed by atoms with van der Waals surface area (Å²) in [6, 6.07) is 41.0. The fourth-order valence-electron chi connectivity index (χ4n) is 16.6. The number of carbonyl (C=O) groups is 9. The molecule has 9 aliphatic rings. The van der Waals surface area contributed by atoms with Gasteiger partial charge in [-0.05, 0) is 253 Å². The summed E-state index contributed by atoms with van der Waals surface area (Å²) in [4.78, 5) is 106. The Labute approximate surface area is 802 Å². The van der Waals surface area contributed by atoms with E-state index >= 15 is 0 Å². The largest absolute Gasteiger partial charge is 0.464 e. The van der Waals surface area contributed by atoms with Crippen LogP contribution < -0.4 is 41.7 Å². The molecule has 5 saturated heterocycles. The summed E-state index contributed by atoms with van der Waals surface area (Å²) in [6.45, 7) is 24.1. The molecule has 0 radical (unpaired) electrons. The minimum atomic E-state index is -1.16. The quantitative estimate of drug-likeness (QED) is 0.0176. The molecule has 8 unspecified atom stereocenters. The Kier molecular flexibility index (Phi) is 40.8. The van der Waals surface area contributed by atoms with E-state index < -0.39 is 123 Å². The van der Waals surface area contributed by atoms with Crippen LogP contribution in [0.25, 0.3) is 0 Å². The molecule has 0 spiro atoms. The Bertz CT molecular complexity index is 4580. The van der Waals surface area contributed by atoms with Gasteiger partial charge in [0.25, 0.3) is 5.91 Å². The van der Waals surface area contributed by atoms with Crippen molar-refractivity contribution in [1.29, 1.82) is 0 Å². The number of hydrogen-bond donors (Lipinski definition) is 9. The summed E-state index contributed by atoms with van der Waals surface area (Å²) in [6.07, 6.45) is 3.65. The van der Waals surface area contributed by atoms with Gasteiger partial charge in [0.05, 0.1) is 101 Å². The molecule has 0 bridgehead atoms. The number of alkyl halides is 5. The molecule has 14 rings (SSSR count). The van der Waals surface area contributed by atoms with Crippen molar-refractivity contribution in [2.75, 3.05) is 78.3 Å². The number of esters is 2. The highest BCUT2D eigenvalue weighted by Crippen LogP contribution is 2.46. The number of benzene rings is 5. The summed E-state index contributed by atoms with van der Waals surface area (Å²) in [7, 11) is 0. The highest BCUT2D eigenvalue weighted by Gasteiger charge is 2.47. The van der Waals surface area contributed by atoms with Crippen molar-refractivity contribution >= 4 is 135 Å². The van der Waals surface area contributed by atoms with Gasteiger partial charge in [0, 0.05) is 36.2 Å². The number of halogens is 5. The van der Waals surface area contributed by atoms with Crippen molar-refractivity contribution in [2.24, 2.45) is 5.73 Å². The first-order valence-corrected chi connectivity index (χ1v) is 47.2. The van der Waals surface area contributed by atoms with Crippen molar-refractivity contribution < 1.29 is 120 Å². The number of nitrogens with two attached hydrogens (primary N) is 1. The van der Waals surface area contributed by atoms with Crippen LogP contribution in [-0.4, -0.2) is 239 Å². The third-order valence-corrected chi connectivity index (χ3v) is 24.0. The summed E-state index contributed by atoms with van der Waals surface area (Å²) >= 11 is 26.7. The van der Waals surface area contributed by atoms with Crippen LogP contribution in [0.1, 0.15) is 212 Å². The minimum absolute atomic E-state index is 0.120. The molecule has 4 aliphatic carbocycles. The second-order valence-corrected chi connectivity index (χ2v) is 39.2. The second-order valence-electron chi connectivity index (χ2n) is 36.7.